The topological polar surface area (TPSA) is 75.6 Å². The van der Waals surface area contributed by atoms with E-state index in [4.69, 9.17) is 4.74 Å². The lowest BCUT2D eigenvalue weighted by molar-refractivity contribution is 0.107. The van der Waals surface area contributed by atoms with E-state index in [0.717, 1.165) is 12.8 Å². The summed E-state index contributed by atoms with van der Waals surface area (Å²) in [4.78, 5) is 0.202. The van der Waals surface area contributed by atoms with Gasteiger partial charge in [-0.05, 0) is 43.4 Å². The Kier molecular flexibility index (Phi) is 5.37. The van der Waals surface area contributed by atoms with Gasteiger partial charge in [-0.15, -0.1) is 0 Å². The van der Waals surface area contributed by atoms with E-state index >= 15 is 0 Å². The van der Waals surface area contributed by atoms with Crippen LogP contribution < -0.4 is 4.72 Å². The summed E-state index contributed by atoms with van der Waals surface area (Å²) in [6.07, 6.45) is 2.41. The van der Waals surface area contributed by atoms with Crippen molar-refractivity contribution in [3.05, 3.63) is 29.8 Å². The van der Waals surface area contributed by atoms with Gasteiger partial charge in [0.25, 0.3) is 0 Å². The van der Waals surface area contributed by atoms with Crippen LogP contribution in [-0.2, 0) is 14.8 Å². The third kappa shape index (κ3) is 4.03. The number of hydrogen-bond donors (Lipinski definition) is 2. The smallest absolute Gasteiger partial charge is 0.240 e. The molecule has 0 bridgehead atoms. The van der Waals surface area contributed by atoms with Gasteiger partial charge in [-0.25, -0.2) is 13.1 Å². The molecule has 1 fully saturated rings. The third-order valence-electron chi connectivity index (χ3n) is 3.98. The molecule has 6 heteroatoms. The molecule has 0 radical (unpaired) electrons. The summed E-state index contributed by atoms with van der Waals surface area (Å²) in [6, 6.07) is 6.41. The van der Waals surface area contributed by atoms with Crippen molar-refractivity contribution in [1.82, 2.24) is 4.72 Å². The van der Waals surface area contributed by atoms with Gasteiger partial charge in [0.2, 0.25) is 10.0 Å². The van der Waals surface area contributed by atoms with Gasteiger partial charge in [0.15, 0.2) is 0 Å². The van der Waals surface area contributed by atoms with Crippen molar-refractivity contribution in [1.29, 1.82) is 0 Å². The predicted octanol–water partition coefficient (Wildman–Crippen LogP) is 1.98. The highest BCUT2D eigenvalue weighted by Gasteiger charge is 2.28. The molecule has 118 valence electrons. The Morgan fingerprint density at radius 1 is 1.43 bits per heavy atom. The van der Waals surface area contributed by atoms with Crippen LogP contribution in [0.15, 0.2) is 29.2 Å². The van der Waals surface area contributed by atoms with E-state index in [1.54, 1.807) is 31.4 Å². The molecule has 21 heavy (non-hydrogen) atoms. The Hall–Kier alpha value is -0.950. The van der Waals surface area contributed by atoms with Crippen LogP contribution in [-0.4, -0.2) is 32.8 Å². The van der Waals surface area contributed by atoms with Crippen LogP contribution in [0.5, 0.6) is 0 Å². The standard InChI is InChI=1S/C15H23NO4S/c1-3-15(17)11-5-4-6-14(9-11)21(18,19)16-12-7-8-13(10-12)20-2/h4-6,9,12-13,15-17H,3,7-8,10H2,1-2H3. The first-order chi connectivity index (χ1) is 9.96. The van der Waals surface area contributed by atoms with Crippen molar-refractivity contribution in [2.75, 3.05) is 7.11 Å². The minimum Gasteiger partial charge on any atom is -0.388 e. The number of aliphatic hydroxyl groups excluding tert-OH is 1. The minimum absolute atomic E-state index is 0.0836. The summed E-state index contributed by atoms with van der Waals surface area (Å²) in [5.41, 5.74) is 0.626. The van der Waals surface area contributed by atoms with Gasteiger partial charge >= 0.3 is 0 Å². The Bertz CT molecular complexity index is 573. The van der Waals surface area contributed by atoms with Crippen molar-refractivity contribution in [2.45, 2.75) is 55.8 Å². The lowest BCUT2D eigenvalue weighted by Gasteiger charge is -2.15. The van der Waals surface area contributed by atoms with Gasteiger partial charge < -0.3 is 9.84 Å². The maximum absolute atomic E-state index is 12.4. The number of hydrogen-bond acceptors (Lipinski definition) is 4. The largest absolute Gasteiger partial charge is 0.388 e. The number of aliphatic hydroxyl groups is 1. The van der Waals surface area contributed by atoms with Gasteiger partial charge in [-0.3, -0.25) is 0 Å². The fourth-order valence-electron chi connectivity index (χ4n) is 2.67. The summed E-state index contributed by atoms with van der Waals surface area (Å²) < 4.78 is 32.8. The molecular formula is C15H23NO4S. The van der Waals surface area contributed by atoms with Crippen LogP contribution >= 0.6 is 0 Å². The van der Waals surface area contributed by atoms with E-state index in [2.05, 4.69) is 4.72 Å². The first-order valence-corrected chi connectivity index (χ1v) is 8.77. The zero-order valence-electron chi connectivity index (χ0n) is 12.5. The quantitative estimate of drug-likeness (QED) is 0.842. The number of ether oxygens (including phenoxy) is 1. The molecule has 0 aliphatic heterocycles. The van der Waals surface area contributed by atoms with Gasteiger partial charge in [0.1, 0.15) is 0 Å². The monoisotopic (exact) mass is 313 g/mol. The van der Waals surface area contributed by atoms with Gasteiger partial charge in [-0.2, -0.15) is 0 Å². The Morgan fingerprint density at radius 3 is 2.81 bits per heavy atom. The second-order valence-electron chi connectivity index (χ2n) is 5.49. The Morgan fingerprint density at radius 2 is 2.19 bits per heavy atom. The number of nitrogens with one attached hydrogen (secondary N) is 1. The molecule has 0 spiro atoms. The number of methoxy groups -OCH3 is 1. The predicted molar refractivity (Wildman–Crippen MR) is 80.5 cm³/mol. The molecule has 2 rings (SSSR count). The molecule has 2 N–H and O–H groups in total. The first kappa shape index (κ1) is 16.4. The molecule has 0 aromatic heterocycles. The molecule has 1 aromatic rings. The molecule has 0 saturated heterocycles. The van der Waals surface area contributed by atoms with E-state index in [1.807, 2.05) is 6.92 Å². The molecule has 5 nitrogen and oxygen atoms in total. The third-order valence-corrected chi connectivity index (χ3v) is 5.50. The van der Waals surface area contributed by atoms with E-state index in [-0.39, 0.29) is 17.0 Å². The SMILES string of the molecule is CCC(O)c1cccc(S(=O)(=O)NC2CCC(OC)C2)c1. The van der Waals surface area contributed by atoms with Gasteiger partial charge in [0.05, 0.1) is 17.1 Å². The second-order valence-corrected chi connectivity index (χ2v) is 7.20. The molecule has 1 saturated carbocycles. The Balaban J connectivity index is 2.12. The van der Waals surface area contributed by atoms with E-state index in [1.165, 1.54) is 0 Å². The van der Waals surface area contributed by atoms with E-state index in [9.17, 15) is 13.5 Å². The van der Waals surface area contributed by atoms with Crippen LogP contribution in [0, 0.1) is 0 Å². The average molecular weight is 313 g/mol. The molecule has 3 atom stereocenters. The number of sulfonamides is 1. The summed E-state index contributed by atoms with van der Waals surface area (Å²) >= 11 is 0. The molecule has 1 aliphatic carbocycles. The van der Waals surface area contributed by atoms with Crippen molar-refractivity contribution in [2.24, 2.45) is 0 Å². The molecule has 0 heterocycles. The fraction of sp³-hybridized carbons (Fsp3) is 0.600. The lowest BCUT2D eigenvalue weighted by Crippen LogP contribution is -2.33. The first-order valence-electron chi connectivity index (χ1n) is 7.29. The molecule has 1 aliphatic rings. The average Bonchev–Trinajstić information content (AvgIpc) is 2.93. The van der Waals surface area contributed by atoms with Crippen molar-refractivity contribution in [3.63, 3.8) is 0 Å². The highest BCUT2D eigenvalue weighted by Crippen LogP contribution is 2.24. The molecule has 0 amide bonds. The van der Waals surface area contributed by atoms with E-state index < -0.39 is 16.1 Å². The zero-order chi connectivity index (χ0) is 15.5. The summed E-state index contributed by atoms with van der Waals surface area (Å²) in [5, 5.41) is 9.84. The second kappa shape index (κ2) is 6.87. The van der Waals surface area contributed by atoms with Crippen LogP contribution in [0.3, 0.4) is 0 Å². The molecule has 1 aromatic carbocycles. The van der Waals surface area contributed by atoms with E-state index in [0.29, 0.717) is 18.4 Å². The highest BCUT2D eigenvalue weighted by molar-refractivity contribution is 7.89. The van der Waals surface area contributed by atoms with Crippen LogP contribution in [0.4, 0.5) is 0 Å². The van der Waals surface area contributed by atoms with Crippen molar-refractivity contribution in [3.8, 4) is 0 Å². The fourth-order valence-corrected chi connectivity index (χ4v) is 4.01. The Labute approximate surface area is 126 Å². The molecular weight excluding hydrogens is 290 g/mol. The van der Waals surface area contributed by atoms with Gasteiger partial charge in [-0.1, -0.05) is 19.1 Å². The highest BCUT2D eigenvalue weighted by atomic mass is 32.2. The summed E-state index contributed by atoms with van der Waals surface area (Å²) in [6.45, 7) is 1.85. The molecule has 3 unspecified atom stereocenters. The number of rotatable bonds is 6. The maximum atomic E-state index is 12.4. The van der Waals surface area contributed by atoms with Crippen molar-refractivity contribution < 1.29 is 18.3 Å². The zero-order valence-corrected chi connectivity index (χ0v) is 13.3. The van der Waals surface area contributed by atoms with Gasteiger partial charge in [0, 0.05) is 13.2 Å². The van der Waals surface area contributed by atoms with Crippen LogP contribution in [0.2, 0.25) is 0 Å². The summed E-state index contributed by atoms with van der Waals surface area (Å²) in [7, 11) is -1.91. The van der Waals surface area contributed by atoms with Crippen LogP contribution in [0.25, 0.3) is 0 Å². The minimum atomic E-state index is -3.56. The lowest BCUT2D eigenvalue weighted by atomic mass is 10.1. The van der Waals surface area contributed by atoms with Crippen molar-refractivity contribution >= 4 is 10.0 Å². The van der Waals surface area contributed by atoms with Crippen LogP contribution in [0.1, 0.15) is 44.3 Å². The maximum Gasteiger partial charge on any atom is 0.240 e. The summed E-state index contributed by atoms with van der Waals surface area (Å²) in [5.74, 6) is 0. The normalized spacial score (nSPS) is 24.1. The number of benzene rings is 1.